The van der Waals surface area contributed by atoms with Crippen LogP contribution in [0.1, 0.15) is 62.0 Å². The molecule has 6 atom stereocenters. The van der Waals surface area contributed by atoms with Gasteiger partial charge in [0.15, 0.2) is 0 Å². The lowest BCUT2D eigenvalue weighted by atomic mass is 9.54. The number of rotatable bonds is 1. The molecule has 3 aliphatic rings. The first-order valence-corrected chi connectivity index (χ1v) is 8.75. The maximum Gasteiger partial charge on any atom is 0.115 e. The van der Waals surface area contributed by atoms with E-state index >= 15 is 0 Å². The molecule has 0 heterocycles. The molecule has 22 heavy (non-hydrogen) atoms. The SMILES string of the molecule is C[C@]12CC[C@@H]3c4ccc(O)cc4[C@H](CN)C[C@H]3[C@@H]1CCC2O. The summed E-state index contributed by atoms with van der Waals surface area (Å²) in [5.74, 6) is 2.55. The van der Waals surface area contributed by atoms with Gasteiger partial charge < -0.3 is 15.9 Å². The van der Waals surface area contributed by atoms with Crippen molar-refractivity contribution >= 4 is 0 Å². The Kier molecular flexibility index (Phi) is 3.28. The first kappa shape index (κ1) is 14.5. The summed E-state index contributed by atoms with van der Waals surface area (Å²) in [6.07, 6.45) is 5.38. The van der Waals surface area contributed by atoms with Gasteiger partial charge in [-0.25, -0.2) is 0 Å². The Balaban J connectivity index is 1.76. The topological polar surface area (TPSA) is 66.5 Å². The summed E-state index contributed by atoms with van der Waals surface area (Å²) in [6, 6.07) is 5.88. The minimum Gasteiger partial charge on any atom is -0.508 e. The lowest BCUT2D eigenvalue weighted by molar-refractivity contribution is -0.0247. The highest BCUT2D eigenvalue weighted by Crippen LogP contribution is 2.62. The van der Waals surface area contributed by atoms with E-state index in [1.165, 1.54) is 11.1 Å². The van der Waals surface area contributed by atoms with E-state index in [2.05, 4.69) is 13.0 Å². The summed E-state index contributed by atoms with van der Waals surface area (Å²) < 4.78 is 0. The Morgan fingerprint density at radius 1 is 1.23 bits per heavy atom. The molecular weight excluding hydrogens is 274 g/mol. The molecule has 2 fully saturated rings. The standard InChI is InChI=1S/C19H27NO2/c1-19-7-6-14-13-3-2-12(21)9-15(13)11(10-20)8-16(14)17(19)4-5-18(19)22/h2-3,9,11,14,16-18,21-22H,4-8,10,20H2,1H3/t11-,14+,16+,17-,18?,19-/m0/s1. The second-order valence-electron chi connectivity index (χ2n) is 8.00. The van der Waals surface area contributed by atoms with Crippen LogP contribution in [-0.2, 0) is 0 Å². The number of phenolic OH excluding ortho intramolecular Hbond substituents is 1. The van der Waals surface area contributed by atoms with Gasteiger partial charge in [0.05, 0.1) is 6.10 Å². The largest absolute Gasteiger partial charge is 0.508 e. The molecule has 1 unspecified atom stereocenters. The molecular formula is C19H27NO2. The molecule has 0 bridgehead atoms. The summed E-state index contributed by atoms with van der Waals surface area (Å²) >= 11 is 0. The van der Waals surface area contributed by atoms with Crippen LogP contribution in [0.25, 0.3) is 0 Å². The Morgan fingerprint density at radius 2 is 2.05 bits per heavy atom. The Hall–Kier alpha value is -1.06. The number of phenols is 1. The number of nitrogens with two attached hydrogens (primary N) is 1. The molecule has 1 aromatic carbocycles. The molecule has 120 valence electrons. The molecule has 0 aromatic heterocycles. The van der Waals surface area contributed by atoms with Gasteiger partial charge in [0, 0.05) is 0 Å². The van der Waals surface area contributed by atoms with Crippen LogP contribution in [-0.4, -0.2) is 22.9 Å². The van der Waals surface area contributed by atoms with Crippen molar-refractivity contribution in [2.45, 2.75) is 57.0 Å². The van der Waals surface area contributed by atoms with E-state index < -0.39 is 0 Å². The molecule has 0 saturated heterocycles. The second kappa shape index (κ2) is 4.97. The maximum absolute atomic E-state index is 10.5. The van der Waals surface area contributed by atoms with Gasteiger partial charge in [0.2, 0.25) is 0 Å². The fourth-order valence-electron chi connectivity index (χ4n) is 5.91. The van der Waals surface area contributed by atoms with Crippen molar-refractivity contribution in [1.29, 1.82) is 0 Å². The number of hydrogen-bond acceptors (Lipinski definition) is 3. The minimum atomic E-state index is -0.129. The van der Waals surface area contributed by atoms with E-state index in [9.17, 15) is 10.2 Å². The molecule has 3 nitrogen and oxygen atoms in total. The first-order valence-electron chi connectivity index (χ1n) is 8.75. The lowest BCUT2D eigenvalue weighted by Gasteiger charge is -2.51. The fourth-order valence-corrected chi connectivity index (χ4v) is 5.91. The Morgan fingerprint density at radius 3 is 2.82 bits per heavy atom. The summed E-state index contributed by atoms with van der Waals surface area (Å²) in [6.45, 7) is 2.95. The molecule has 3 aliphatic carbocycles. The molecule has 4 N–H and O–H groups in total. The van der Waals surface area contributed by atoms with Crippen LogP contribution in [0.2, 0.25) is 0 Å². The van der Waals surface area contributed by atoms with Crippen LogP contribution in [0, 0.1) is 17.3 Å². The summed E-state index contributed by atoms with van der Waals surface area (Å²) in [5.41, 5.74) is 8.84. The molecule has 0 amide bonds. The molecule has 0 aliphatic heterocycles. The third kappa shape index (κ3) is 1.88. The predicted molar refractivity (Wildman–Crippen MR) is 86.8 cm³/mol. The molecule has 0 radical (unpaired) electrons. The van der Waals surface area contributed by atoms with Crippen LogP contribution < -0.4 is 5.73 Å². The average Bonchev–Trinajstić information content (AvgIpc) is 2.82. The molecule has 4 rings (SSSR count). The molecule has 3 heteroatoms. The second-order valence-corrected chi connectivity index (χ2v) is 8.00. The van der Waals surface area contributed by atoms with E-state index in [4.69, 9.17) is 5.73 Å². The van der Waals surface area contributed by atoms with Crippen molar-refractivity contribution in [3.63, 3.8) is 0 Å². The van der Waals surface area contributed by atoms with Crippen LogP contribution in [0.15, 0.2) is 18.2 Å². The maximum atomic E-state index is 10.5. The van der Waals surface area contributed by atoms with Crippen molar-refractivity contribution in [3.8, 4) is 5.75 Å². The monoisotopic (exact) mass is 301 g/mol. The van der Waals surface area contributed by atoms with Crippen molar-refractivity contribution in [2.24, 2.45) is 23.0 Å². The van der Waals surface area contributed by atoms with Gasteiger partial charge in [-0.3, -0.25) is 0 Å². The van der Waals surface area contributed by atoms with E-state index in [-0.39, 0.29) is 11.5 Å². The van der Waals surface area contributed by atoms with E-state index in [1.807, 2.05) is 12.1 Å². The Labute approximate surface area is 132 Å². The lowest BCUT2D eigenvalue weighted by Crippen LogP contribution is -2.45. The first-order chi connectivity index (χ1) is 10.5. The van der Waals surface area contributed by atoms with Crippen molar-refractivity contribution in [3.05, 3.63) is 29.3 Å². The number of aliphatic hydroxyl groups excluding tert-OH is 1. The van der Waals surface area contributed by atoms with Gasteiger partial charge in [0.1, 0.15) is 5.75 Å². The zero-order valence-corrected chi connectivity index (χ0v) is 13.3. The zero-order chi connectivity index (χ0) is 15.5. The summed E-state index contributed by atoms with van der Waals surface area (Å²) in [5, 5.41) is 20.3. The Bertz CT molecular complexity index is 587. The number of aromatic hydroxyl groups is 1. The van der Waals surface area contributed by atoms with Gasteiger partial charge in [0.25, 0.3) is 0 Å². The zero-order valence-electron chi connectivity index (χ0n) is 13.3. The van der Waals surface area contributed by atoms with Gasteiger partial charge in [-0.1, -0.05) is 13.0 Å². The van der Waals surface area contributed by atoms with Gasteiger partial charge in [-0.15, -0.1) is 0 Å². The molecule has 1 aromatic rings. The highest BCUT2D eigenvalue weighted by molar-refractivity contribution is 5.42. The van der Waals surface area contributed by atoms with Gasteiger partial charge >= 0.3 is 0 Å². The van der Waals surface area contributed by atoms with Crippen LogP contribution in [0.5, 0.6) is 5.75 Å². The average molecular weight is 301 g/mol. The van der Waals surface area contributed by atoms with E-state index in [1.54, 1.807) is 0 Å². The molecule has 2 saturated carbocycles. The van der Waals surface area contributed by atoms with Crippen molar-refractivity contribution in [2.75, 3.05) is 6.54 Å². The van der Waals surface area contributed by atoms with Crippen LogP contribution in [0.4, 0.5) is 0 Å². The fraction of sp³-hybridized carbons (Fsp3) is 0.684. The number of benzene rings is 1. The number of aliphatic hydroxyl groups is 1. The quantitative estimate of drug-likeness (QED) is 0.746. The third-order valence-corrected chi connectivity index (χ3v) is 7.14. The molecule has 0 spiro atoms. The highest BCUT2D eigenvalue weighted by atomic mass is 16.3. The smallest absolute Gasteiger partial charge is 0.115 e. The van der Waals surface area contributed by atoms with Crippen LogP contribution >= 0.6 is 0 Å². The summed E-state index contributed by atoms with van der Waals surface area (Å²) in [4.78, 5) is 0. The summed E-state index contributed by atoms with van der Waals surface area (Å²) in [7, 11) is 0. The highest BCUT2D eigenvalue weighted by Gasteiger charge is 2.55. The van der Waals surface area contributed by atoms with Crippen molar-refractivity contribution < 1.29 is 10.2 Å². The van der Waals surface area contributed by atoms with Crippen molar-refractivity contribution in [1.82, 2.24) is 0 Å². The predicted octanol–water partition coefficient (Wildman–Crippen LogP) is 3.11. The number of fused-ring (bicyclic) bond motifs is 5. The van der Waals surface area contributed by atoms with Crippen LogP contribution in [0.3, 0.4) is 0 Å². The normalized spacial score (nSPS) is 43.3. The minimum absolute atomic E-state index is 0.106. The third-order valence-electron chi connectivity index (χ3n) is 7.14. The number of hydrogen-bond donors (Lipinski definition) is 3. The van der Waals surface area contributed by atoms with Gasteiger partial charge in [-0.05, 0) is 91.0 Å². The van der Waals surface area contributed by atoms with E-state index in [0.717, 1.165) is 32.1 Å². The van der Waals surface area contributed by atoms with E-state index in [0.29, 0.717) is 36.0 Å². The van der Waals surface area contributed by atoms with Gasteiger partial charge in [-0.2, -0.15) is 0 Å².